The first-order chi connectivity index (χ1) is 5.38. The maximum atomic E-state index is 11.6. The summed E-state index contributed by atoms with van der Waals surface area (Å²) in [5, 5.41) is 4.44. The quantitative estimate of drug-likeness (QED) is 0.661. The zero-order chi connectivity index (χ0) is 9.78. The molecule has 1 amide bonds. The molecule has 0 aromatic carbocycles. The molecule has 12 heavy (non-hydrogen) atoms. The molecule has 0 aliphatic carbocycles. The summed E-state index contributed by atoms with van der Waals surface area (Å²) in [4.78, 5) is 10.2. The molecule has 0 rings (SSSR count). The summed E-state index contributed by atoms with van der Waals surface area (Å²) in [6.07, 6.45) is -4.78. The lowest BCUT2D eigenvalue weighted by Crippen LogP contribution is -2.43. The number of hydrogen-bond acceptors (Lipinski definition) is 2. The Balaban J connectivity index is 3.73. The molecule has 3 nitrogen and oxygen atoms in total. The van der Waals surface area contributed by atoms with Crippen molar-refractivity contribution in [1.29, 1.82) is 0 Å². The number of alkyl halides is 3. The van der Waals surface area contributed by atoms with E-state index in [-0.39, 0.29) is 12.6 Å². The number of carbonyl (C=O) groups excluding carboxylic acids is 1. The number of amides is 1. The average Bonchev–Trinajstić information content (AvgIpc) is 1.97. The van der Waals surface area contributed by atoms with E-state index in [1.54, 1.807) is 19.3 Å². The lowest BCUT2D eigenvalue weighted by atomic mass is 10.3. The summed E-state index contributed by atoms with van der Waals surface area (Å²) in [6, 6.07) is -0.170. The van der Waals surface area contributed by atoms with Crippen LogP contribution in [0.4, 0.5) is 13.2 Å². The van der Waals surface area contributed by atoms with Gasteiger partial charge in [0.05, 0.1) is 0 Å². The van der Waals surface area contributed by atoms with Gasteiger partial charge in [0.15, 0.2) is 0 Å². The third-order valence-corrected chi connectivity index (χ3v) is 1.32. The summed E-state index contributed by atoms with van der Waals surface area (Å²) in [5.74, 6) is -1.90. The van der Waals surface area contributed by atoms with Gasteiger partial charge in [-0.2, -0.15) is 13.2 Å². The highest BCUT2D eigenvalue weighted by Crippen LogP contribution is 2.13. The normalized spacial score (nSPS) is 14.1. The fourth-order valence-corrected chi connectivity index (χ4v) is 0.448. The molecule has 0 aromatic rings. The van der Waals surface area contributed by atoms with Crippen LogP contribution in [0.1, 0.15) is 6.92 Å². The summed E-state index contributed by atoms with van der Waals surface area (Å²) in [5.41, 5.74) is 0. The molecule has 0 aromatic heterocycles. The maximum Gasteiger partial charge on any atom is 0.471 e. The van der Waals surface area contributed by atoms with Crippen LogP contribution in [-0.2, 0) is 4.79 Å². The van der Waals surface area contributed by atoms with Crippen molar-refractivity contribution in [2.24, 2.45) is 0 Å². The Labute approximate surface area is 68.3 Å². The number of nitrogens with one attached hydrogen (secondary N) is 2. The molecule has 1 atom stereocenters. The van der Waals surface area contributed by atoms with E-state index in [1.807, 2.05) is 0 Å². The summed E-state index contributed by atoms with van der Waals surface area (Å²) in [6.45, 7) is 1.63. The smallest absolute Gasteiger partial charge is 0.347 e. The number of rotatable bonds is 3. The molecular weight excluding hydrogens is 173 g/mol. The Morgan fingerprint density at radius 3 is 2.33 bits per heavy atom. The van der Waals surface area contributed by atoms with Crippen molar-refractivity contribution in [3.8, 4) is 0 Å². The van der Waals surface area contributed by atoms with Crippen LogP contribution in [-0.4, -0.2) is 31.7 Å². The van der Waals surface area contributed by atoms with Gasteiger partial charge in [0.2, 0.25) is 0 Å². The van der Waals surface area contributed by atoms with Gasteiger partial charge < -0.3 is 10.6 Å². The van der Waals surface area contributed by atoms with Crippen LogP contribution in [0.3, 0.4) is 0 Å². The molecule has 0 saturated heterocycles. The predicted molar refractivity (Wildman–Crippen MR) is 37.6 cm³/mol. The zero-order valence-electron chi connectivity index (χ0n) is 6.83. The number of likely N-dealkylation sites (N-methyl/N-ethyl adjacent to an activating group) is 1. The van der Waals surface area contributed by atoms with E-state index >= 15 is 0 Å². The molecule has 0 fully saturated rings. The van der Waals surface area contributed by atoms with Crippen molar-refractivity contribution in [3.05, 3.63) is 0 Å². The second-order valence-electron chi connectivity index (χ2n) is 2.40. The van der Waals surface area contributed by atoms with Crippen LogP contribution < -0.4 is 10.6 Å². The van der Waals surface area contributed by atoms with E-state index in [2.05, 4.69) is 5.32 Å². The first-order valence-corrected chi connectivity index (χ1v) is 3.40. The fraction of sp³-hybridized carbons (Fsp3) is 0.833. The zero-order valence-corrected chi connectivity index (χ0v) is 6.83. The van der Waals surface area contributed by atoms with Crippen molar-refractivity contribution in [2.75, 3.05) is 13.6 Å². The molecule has 0 aliphatic heterocycles. The van der Waals surface area contributed by atoms with Gasteiger partial charge in [0.25, 0.3) is 0 Å². The number of hydrogen-bond donors (Lipinski definition) is 2. The minimum absolute atomic E-state index is 0.0329. The van der Waals surface area contributed by atoms with Crippen LogP contribution in [0, 0.1) is 0 Å². The molecule has 0 aliphatic rings. The van der Waals surface area contributed by atoms with Gasteiger partial charge in [0.1, 0.15) is 0 Å². The van der Waals surface area contributed by atoms with Crippen molar-refractivity contribution < 1.29 is 18.0 Å². The molecule has 0 radical (unpaired) electrons. The molecule has 0 spiro atoms. The lowest BCUT2D eigenvalue weighted by molar-refractivity contribution is -0.173. The largest absolute Gasteiger partial charge is 0.471 e. The van der Waals surface area contributed by atoms with E-state index in [4.69, 9.17) is 0 Å². The SMILES string of the molecule is CNC(C)CNC(=O)C(F)(F)F. The number of halogens is 3. The first-order valence-electron chi connectivity index (χ1n) is 3.40. The van der Waals surface area contributed by atoms with E-state index in [1.165, 1.54) is 0 Å². The third kappa shape index (κ3) is 4.17. The molecule has 0 saturated carbocycles. The van der Waals surface area contributed by atoms with Gasteiger partial charge in [-0.05, 0) is 14.0 Å². The molecule has 1 unspecified atom stereocenters. The maximum absolute atomic E-state index is 11.6. The third-order valence-electron chi connectivity index (χ3n) is 1.32. The molecule has 6 heteroatoms. The minimum atomic E-state index is -4.78. The highest BCUT2D eigenvalue weighted by molar-refractivity contribution is 5.81. The molecule has 72 valence electrons. The van der Waals surface area contributed by atoms with Gasteiger partial charge in [-0.25, -0.2) is 0 Å². The Morgan fingerprint density at radius 1 is 1.50 bits per heavy atom. The van der Waals surface area contributed by atoms with Gasteiger partial charge in [-0.1, -0.05) is 0 Å². The predicted octanol–water partition coefficient (Wildman–Crippen LogP) is 0.273. The summed E-state index contributed by atoms with van der Waals surface area (Å²) in [7, 11) is 1.60. The van der Waals surface area contributed by atoms with Crippen molar-refractivity contribution in [3.63, 3.8) is 0 Å². The average molecular weight is 184 g/mol. The summed E-state index contributed by atoms with van der Waals surface area (Å²) < 4.78 is 34.7. The van der Waals surface area contributed by atoms with Crippen LogP contribution in [0.5, 0.6) is 0 Å². The Bertz CT molecular complexity index is 157. The van der Waals surface area contributed by atoms with Gasteiger partial charge in [-0.3, -0.25) is 4.79 Å². The topological polar surface area (TPSA) is 41.1 Å². The van der Waals surface area contributed by atoms with Crippen LogP contribution in [0.2, 0.25) is 0 Å². The van der Waals surface area contributed by atoms with Gasteiger partial charge >= 0.3 is 12.1 Å². The Kier molecular flexibility index (Phi) is 4.02. The monoisotopic (exact) mass is 184 g/mol. The van der Waals surface area contributed by atoms with Crippen LogP contribution >= 0.6 is 0 Å². The Hall–Kier alpha value is -0.780. The van der Waals surface area contributed by atoms with E-state index in [0.29, 0.717) is 0 Å². The van der Waals surface area contributed by atoms with Gasteiger partial charge in [0, 0.05) is 12.6 Å². The minimum Gasteiger partial charge on any atom is -0.347 e. The fourth-order valence-electron chi connectivity index (χ4n) is 0.448. The van der Waals surface area contributed by atoms with Crippen molar-refractivity contribution in [2.45, 2.75) is 19.1 Å². The second kappa shape index (κ2) is 4.30. The van der Waals surface area contributed by atoms with E-state index in [9.17, 15) is 18.0 Å². The van der Waals surface area contributed by atoms with Crippen molar-refractivity contribution in [1.82, 2.24) is 10.6 Å². The standard InChI is InChI=1S/C6H11F3N2O/c1-4(10-2)3-11-5(12)6(7,8)9/h4,10H,3H2,1-2H3,(H,11,12). The lowest BCUT2D eigenvalue weighted by Gasteiger charge is -2.12. The van der Waals surface area contributed by atoms with Crippen molar-refractivity contribution >= 4 is 5.91 Å². The summed E-state index contributed by atoms with van der Waals surface area (Å²) >= 11 is 0. The molecule has 2 N–H and O–H groups in total. The van der Waals surface area contributed by atoms with E-state index < -0.39 is 12.1 Å². The highest BCUT2D eigenvalue weighted by Gasteiger charge is 2.38. The number of carbonyl (C=O) groups is 1. The van der Waals surface area contributed by atoms with Crippen LogP contribution in [0.15, 0.2) is 0 Å². The second-order valence-corrected chi connectivity index (χ2v) is 2.40. The molecular formula is C6H11F3N2O. The van der Waals surface area contributed by atoms with Gasteiger partial charge in [-0.15, -0.1) is 0 Å². The van der Waals surface area contributed by atoms with Crippen LogP contribution in [0.25, 0.3) is 0 Å². The molecule has 0 bridgehead atoms. The Morgan fingerprint density at radius 2 is 2.00 bits per heavy atom. The highest BCUT2D eigenvalue weighted by atomic mass is 19.4. The van der Waals surface area contributed by atoms with E-state index in [0.717, 1.165) is 0 Å². The molecule has 0 heterocycles. The first kappa shape index (κ1) is 11.2.